The number of para-hydroxylation sites is 3. The van der Waals surface area contributed by atoms with Gasteiger partial charge in [-0.1, -0.05) is 169 Å². The Kier molecular flexibility index (Phi) is 7.66. The van der Waals surface area contributed by atoms with E-state index in [9.17, 15) is 0 Å². The Morgan fingerprint density at radius 2 is 1.35 bits per heavy atom. The molecule has 0 spiro atoms. The lowest BCUT2D eigenvalue weighted by Crippen LogP contribution is -2.15. The molecule has 0 N–H and O–H groups in total. The first-order valence-electron chi connectivity index (χ1n) is 17.1. The van der Waals surface area contributed by atoms with Crippen molar-refractivity contribution in [3.8, 4) is 28.2 Å². The molecule has 0 saturated carbocycles. The highest BCUT2D eigenvalue weighted by Crippen LogP contribution is 2.51. The normalized spacial score (nSPS) is 18.5. The number of rotatable bonds is 5. The third-order valence-corrected chi connectivity index (χ3v) is 11.2. The molecule has 2 aliphatic carbocycles. The first-order chi connectivity index (χ1) is 24.2. The van der Waals surface area contributed by atoms with E-state index in [-0.39, 0.29) is 11.8 Å². The fourth-order valence-corrected chi connectivity index (χ4v) is 8.78. The number of alkyl halides is 1. The molecule has 2 aliphatic rings. The minimum atomic E-state index is 0.239. The lowest BCUT2D eigenvalue weighted by molar-refractivity contribution is 0.671. The number of fused-ring (bicyclic) bond motifs is 3. The minimum Gasteiger partial charge on any atom is -0.292 e. The fraction of sp³-hybridized carbons (Fsp3) is 0.109. The Labute approximate surface area is 301 Å². The van der Waals surface area contributed by atoms with Crippen LogP contribution < -0.4 is 0 Å². The third kappa shape index (κ3) is 5.19. The maximum Gasteiger partial charge on any atom is 0.145 e. The predicted molar refractivity (Wildman–Crippen MR) is 216 cm³/mol. The minimum absolute atomic E-state index is 0.239. The largest absolute Gasteiger partial charge is 0.292 e. The van der Waals surface area contributed by atoms with Crippen molar-refractivity contribution in [2.24, 2.45) is 0 Å². The fourth-order valence-electron chi connectivity index (χ4n) is 8.07. The Bertz CT molecular complexity index is 2430. The van der Waals surface area contributed by atoms with Crippen LogP contribution in [0.1, 0.15) is 47.4 Å². The van der Waals surface area contributed by atoms with Crippen LogP contribution in [-0.4, -0.2) is 13.5 Å². The number of hydrogen-bond acceptors (Lipinski definition) is 1. The van der Waals surface area contributed by atoms with Crippen LogP contribution >= 0.6 is 22.6 Å². The molecule has 0 saturated heterocycles. The van der Waals surface area contributed by atoms with E-state index in [0.29, 0.717) is 3.92 Å². The van der Waals surface area contributed by atoms with Crippen molar-refractivity contribution < 1.29 is 0 Å². The molecular weight excluding hydrogens is 707 g/mol. The molecular formula is C46H35IN2. The van der Waals surface area contributed by atoms with Gasteiger partial charge in [0.1, 0.15) is 5.82 Å². The summed E-state index contributed by atoms with van der Waals surface area (Å²) in [5.74, 6) is 1.47. The summed E-state index contributed by atoms with van der Waals surface area (Å²) < 4.78 is 2.77. The molecule has 7 aromatic rings. The van der Waals surface area contributed by atoms with E-state index in [4.69, 9.17) is 4.98 Å². The van der Waals surface area contributed by atoms with Gasteiger partial charge in [-0.2, -0.15) is 0 Å². The van der Waals surface area contributed by atoms with E-state index in [1.807, 2.05) is 0 Å². The zero-order valence-electron chi connectivity index (χ0n) is 27.3. The zero-order valence-corrected chi connectivity index (χ0v) is 29.5. The standard InChI is InChI=1S/C46H35IN2/c1-30-37(31-23-25-33(26-24-31)46-48-41-21-10-11-22-42(41)49(46)36-17-6-3-7-18-36)27-28-40-43(30)45(32-13-4-2-5-14-32)39-20-9-8-19-38(39)44(40)34-15-12-16-35(47)29-34/h2-28,30,35,37H,29H2,1H3. The van der Waals surface area contributed by atoms with E-state index in [1.165, 1.54) is 49.7 Å². The highest BCUT2D eigenvalue weighted by molar-refractivity contribution is 14.1. The molecule has 0 fully saturated rings. The smallest absolute Gasteiger partial charge is 0.145 e. The molecule has 1 heterocycles. The Balaban J connectivity index is 1.19. The van der Waals surface area contributed by atoms with Crippen molar-refractivity contribution in [1.82, 2.24) is 9.55 Å². The molecule has 9 rings (SSSR count). The molecule has 0 radical (unpaired) electrons. The molecule has 49 heavy (non-hydrogen) atoms. The van der Waals surface area contributed by atoms with Crippen LogP contribution in [0.3, 0.4) is 0 Å². The third-order valence-electron chi connectivity index (χ3n) is 10.3. The average Bonchev–Trinajstić information content (AvgIpc) is 3.55. The number of nitrogens with zero attached hydrogens (tertiary/aromatic N) is 2. The van der Waals surface area contributed by atoms with Gasteiger partial charge in [0.2, 0.25) is 0 Å². The zero-order chi connectivity index (χ0) is 32.9. The van der Waals surface area contributed by atoms with Gasteiger partial charge in [-0.05, 0) is 86.3 Å². The molecule has 2 nitrogen and oxygen atoms in total. The predicted octanol–water partition coefficient (Wildman–Crippen LogP) is 12.6. The molecule has 3 atom stereocenters. The number of halogens is 1. The maximum atomic E-state index is 5.12. The highest BCUT2D eigenvalue weighted by Gasteiger charge is 2.31. The van der Waals surface area contributed by atoms with Crippen molar-refractivity contribution in [3.05, 3.63) is 180 Å². The lowest BCUT2D eigenvalue weighted by atomic mass is 9.70. The molecule has 3 unspecified atom stereocenters. The van der Waals surface area contributed by atoms with Crippen LogP contribution in [0, 0.1) is 0 Å². The summed E-state index contributed by atoms with van der Waals surface area (Å²) in [6, 6.07) is 48.2. The number of aromatic nitrogens is 2. The Morgan fingerprint density at radius 1 is 0.673 bits per heavy atom. The SMILES string of the molecule is CC1c2c(c(C3=CC=CC(I)C3)c3ccccc3c2-c2ccccc2)C=CC1c1ccc(-c2nc3ccccc3n2-c2ccccc2)cc1. The van der Waals surface area contributed by atoms with E-state index >= 15 is 0 Å². The van der Waals surface area contributed by atoms with Gasteiger partial charge in [-0.15, -0.1) is 0 Å². The van der Waals surface area contributed by atoms with Gasteiger partial charge in [-0.3, -0.25) is 4.57 Å². The van der Waals surface area contributed by atoms with E-state index < -0.39 is 0 Å². The maximum absolute atomic E-state index is 5.12. The first kappa shape index (κ1) is 30.1. The number of hydrogen-bond donors (Lipinski definition) is 0. The van der Waals surface area contributed by atoms with Crippen LogP contribution in [0.4, 0.5) is 0 Å². The summed E-state index contributed by atoms with van der Waals surface area (Å²) in [5, 5.41) is 2.67. The Morgan fingerprint density at radius 3 is 2.10 bits per heavy atom. The summed E-state index contributed by atoms with van der Waals surface area (Å²) in [4.78, 5) is 5.12. The highest BCUT2D eigenvalue weighted by atomic mass is 127. The van der Waals surface area contributed by atoms with Gasteiger partial charge in [0.25, 0.3) is 0 Å². The molecule has 0 amide bonds. The van der Waals surface area contributed by atoms with Crippen LogP contribution in [0.5, 0.6) is 0 Å². The summed E-state index contributed by atoms with van der Waals surface area (Å²) >= 11 is 2.57. The van der Waals surface area contributed by atoms with Gasteiger partial charge in [0.15, 0.2) is 0 Å². The van der Waals surface area contributed by atoms with Gasteiger partial charge in [-0.25, -0.2) is 4.98 Å². The number of imidazole rings is 1. The van der Waals surface area contributed by atoms with Crippen molar-refractivity contribution >= 4 is 56.0 Å². The van der Waals surface area contributed by atoms with Crippen molar-refractivity contribution in [2.45, 2.75) is 29.1 Å². The molecule has 0 aliphatic heterocycles. The summed E-state index contributed by atoms with van der Waals surface area (Å²) in [5.41, 5.74) is 13.9. The summed E-state index contributed by atoms with van der Waals surface area (Å²) in [7, 11) is 0. The summed E-state index contributed by atoms with van der Waals surface area (Å²) in [6.45, 7) is 2.43. The van der Waals surface area contributed by atoms with Gasteiger partial charge >= 0.3 is 0 Å². The van der Waals surface area contributed by atoms with E-state index in [0.717, 1.165) is 34.5 Å². The van der Waals surface area contributed by atoms with E-state index in [1.54, 1.807) is 0 Å². The molecule has 6 aromatic carbocycles. The number of benzene rings is 6. The lowest BCUT2D eigenvalue weighted by Gasteiger charge is -2.33. The van der Waals surface area contributed by atoms with Crippen molar-refractivity contribution in [2.75, 3.05) is 0 Å². The topological polar surface area (TPSA) is 17.8 Å². The van der Waals surface area contributed by atoms with E-state index in [2.05, 4.69) is 198 Å². The van der Waals surface area contributed by atoms with Crippen molar-refractivity contribution in [3.63, 3.8) is 0 Å². The molecule has 0 bridgehead atoms. The average molecular weight is 743 g/mol. The van der Waals surface area contributed by atoms with Crippen LogP contribution in [0.15, 0.2) is 158 Å². The first-order valence-corrected chi connectivity index (χ1v) is 18.4. The second-order valence-electron chi connectivity index (χ2n) is 13.2. The van der Waals surface area contributed by atoms with Gasteiger partial charge < -0.3 is 0 Å². The van der Waals surface area contributed by atoms with Gasteiger partial charge in [0.05, 0.1) is 11.0 Å². The molecule has 1 aromatic heterocycles. The van der Waals surface area contributed by atoms with Crippen LogP contribution in [-0.2, 0) is 0 Å². The summed E-state index contributed by atoms with van der Waals surface area (Å²) in [6.07, 6.45) is 12.8. The molecule has 236 valence electrons. The Hall–Kier alpha value is -5.00. The monoisotopic (exact) mass is 742 g/mol. The second kappa shape index (κ2) is 12.5. The quantitative estimate of drug-likeness (QED) is 0.127. The van der Waals surface area contributed by atoms with Gasteiger partial charge in [0, 0.05) is 21.1 Å². The number of allylic oxidation sites excluding steroid dienone is 5. The molecule has 3 heteroatoms. The second-order valence-corrected chi connectivity index (χ2v) is 14.8. The van der Waals surface area contributed by atoms with Crippen LogP contribution in [0.2, 0.25) is 0 Å². The van der Waals surface area contributed by atoms with Crippen LogP contribution in [0.25, 0.3) is 61.7 Å². The van der Waals surface area contributed by atoms with Crippen molar-refractivity contribution in [1.29, 1.82) is 0 Å².